The van der Waals surface area contributed by atoms with Gasteiger partial charge in [-0.25, -0.2) is 8.42 Å². The maximum Gasteiger partial charge on any atom is 0.244 e. The van der Waals surface area contributed by atoms with Gasteiger partial charge in [-0.1, -0.05) is 24.4 Å². The van der Waals surface area contributed by atoms with Gasteiger partial charge in [0.15, 0.2) is 0 Å². The monoisotopic (exact) mass is 381 g/mol. The minimum atomic E-state index is -3.68. The first-order valence-corrected chi connectivity index (χ1v) is 10.2. The number of anilines is 1. The SMILES string of the molecule is N#CC1(C(=O)Nc2ccc(Cl)c(S(=O)(=O)N3CCCC3)c2)CCCC1. The van der Waals surface area contributed by atoms with Crippen LogP contribution in [0.4, 0.5) is 5.69 Å². The van der Waals surface area contributed by atoms with Crippen molar-refractivity contribution < 1.29 is 13.2 Å². The molecule has 1 aliphatic carbocycles. The molecule has 0 unspecified atom stereocenters. The number of nitrogens with one attached hydrogen (secondary N) is 1. The van der Waals surface area contributed by atoms with Crippen LogP contribution in [-0.4, -0.2) is 31.7 Å². The van der Waals surface area contributed by atoms with E-state index in [9.17, 15) is 18.5 Å². The van der Waals surface area contributed by atoms with Crippen LogP contribution in [0.1, 0.15) is 38.5 Å². The van der Waals surface area contributed by atoms with Crippen LogP contribution in [0, 0.1) is 16.7 Å². The number of halogens is 1. The number of carbonyl (C=O) groups excluding carboxylic acids is 1. The quantitative estimate of drug-likeness (QED) is 0.867. The molecule has 8 heteroatoms. The summed E-state index contributed by atoms with van der Waals surface area (Å²) in [6.45, 7) is 0.958. The molecule has 1 saturated heterocycles. The van der Waals surface area contributed by atoms with Gasteiger partial charge in [0.05, 0.1) is 11.1 Å². The van der Waals surface area contributed by atoms with Crippen molar-refractivity contribution >= 4 is 33.2 Å². The predicted molar refractivity (Wildman–Crippen MR) is 94.6 cm³/mol. The first-order valence-electron chi connectivity index (χ1n) is 8.41. The molecule has 2 fully saturated rings. The Morgan fingerprint density at radius 2 is 1.84 bits per heavy atom. The molecule has 134 valence electrons. The van der Waals surface area contributed by atoms with Crippen molar-refractivity contribution in [2.24, 2.45) is 5.41 Å². The van der Waals surface area contributed by atoms with E-state index >= 15 is 0 Å². The fraction of sp³-hybridized carbons (Fsp3) is 0.529. The van der Waals surface area contributed by atoms with Crippen molar-refractivity contribution in [1.29, 1.82) is 5.26 Å². The summed E-state index contributed by atoms with van der Waals surface area (Å²) < 4.78 is 26.9. The minimum absolute atomic E-state index is 0.00806. The van der Waals surface area contributed by atoms with Crippen molar-refractivity contribution in [2.45, 2.75) is 43.4 Å². The molecule has 1 heterocycles. The maximum atomic E-state index is 12.7. The number of hydrogen-bond acceptors (Lipinski definition) is 4. The van der Waals surface area contributed by atoms with Gasteiger partial charge in [0.1, 0.15) is 10.3 Å². The highest BCUT2D eigenvalue weighted by molar-refractivity contribution is 7.89. The molecule has 0 aromatic heterocycles. The maximum absolute atomic E-state index is 12.7. The van der Waals surface area contributed by atoms with Crippen molar-refractivity contribution in [1.82, 2.24) is 4.31 Å². The van der Waals surface area contributed by atoms with Gasteiger partial charge < -0.3 is 5.32 Å². The average molecular weight is 382 g/mol. The van der Waals surface area contributed by atoms with Gasteiger partial charge in [-0.15, -0.1) is 0 Å². The molecule has 1 aliphatic heterocycles. The molecular weight excluding hydrogens is 362 g/mol. The molecule has 1 saturated carbocycles. The van der Waals surface area contributed by atoms with E-state index in [1.165, 1.54) is 16.4 Å². The number of carbonyl (C=O) groups is 1. The van der Waals surface area contributed by atoms with Crippen LogP contribution in [0.2, 0.25) is 5.02 Å². The Hall–Kier alpha value is -1.62. The van der Waals surface area contributed by atoms with Crippen LogP contribution in [0.25, 0.3) is 0 Å². The molecule has 1 aromatic carbocycles. The van der Waals surface area contributed by atoms with Gasteiger partial charge in [0.25, 0.3) is 0 Å². The van der Waals surface area contributed by atoms with Gasteiger partial charge in [0.2, 0.25) is 15.9 Å². The largest absolute Gasteiger partial charge is 0.325 e. The molecule has 2 aliphatic rings. The highest BCUT2D eigenvalue weighted by Crippen LogP contribution is 2.39. The molecule has 1 aromatic rings. The smallest absolute Gasteiger partial charge is 0.244 e. The zero-order valence-electron chi connectivity index (χ0n) is 13.8. The summed E-state index contributed by atoms with van der Waals surface area (Å²) in [4.78, 5) is 12.5. The lowest BCUT2D eigenvalue weighted by atomic mass is 9.87. The average Bonchev–Trinajstić information content (AvgIpc) is 3.29. The predicted octanol–water partition coefficient (Wildman–Crippen LogP) is 3.15. The second-order valence-corrected chi connectivity index (χ2v) is 8.93. The number of nitriles is 1. The van der Waals surface area contributed by atoms with E-state index in [-0.39, 0.29) is 15.8 Å². The van der Waals surface area contributed by atoms with E-state index in [0.717, 1.165) is 25.7 Å². The third-order valence-electron chi connectivity index (χ3n) is 4.98. The number of sulfonamides is 1. The van der Waals surface area contributed by atoms with E-state index in [2.05, 4.69) is 11.4 Å². The second-order valence-electron chi connectivity index (χ2n) is 6.61. The Balaban J connectivity index is 1.87. The van der Waals surface area contributed by atoms with Gasteiger partial charge >= 0.3 is 0 Å². The van der Waals surface area contributed by atoms with E-state index in [1.54, 1.807) is 6.07 Å². The van der Waals surface area contributed by atoms with Gasteiger partial charge in [-0.3, -0.25) is 4.79 Å². The van der Waals surface area contributed by atoms with E-state index in [1.807, 2.05) is 0 Å². The first-order chi connectivity index (χ1) is 11.9. The van der Waals surface area contributed by atoms with E-state index < -0.39 is 15.4 Å². The Morgan fingerprint density at radius 3 is 2.44 bits per heavy atom. The van der Waals surface area contributed by atoms with Crippen LogP contribution >= 0.6 is 11.6 Å². The zero-order chi connectivity index (χ0) is 18.1. The number of nitrogens with zero attached hydrogens (tertiary/aromatic N) is 2. The lowest BCUT2D eigenvalue weighted by molar-refractivity contribution is -0.122. The van der Waals surface area contributed by atoms with Crippen molar-refractivity contribution in [2.75, 3.05) is 18.4 Å². The van der Waals surface area contributed by atoms with Gasteiger partial charge in [0, 0.05) is 18.8 Å². The summed E-state index contributed by atoms with van der Waals surface area (Å²) in [5, 5.41) is 12.2. The third-order valence-corrected chi connectivity index (χ3v) is 7.36. The number of rotatable bonds is 4. The normalized spacial score (nSPS) is 20.3. The topological polar surface area (TPSA) is 90.3 Å². The number of hydrogen-bond donors (Lipinski definition) is 1. The Kier molecular flexibility index (Phi) is 5.05. The number of amides is 1. The van der Waals surface area contributed by atoms with Gasteiger partial charge in [-0.05, 0) is 43.9 Å². The van der Waals surface area contributed by atoms with Gasteiger partial charge in [-0.2, -0.15) is 9.57 Å². The Bertz CT molecular complexity index is 820. The Labute approximate surface area is 152 Å². The molecule has 25 heavy (non-hydrogen) atoms. The highest BCUT2D eigenvalue weighted by Gasteiger charge is 2.41. The van der Waals surface area contributed by atoms with Crippen molar-refractivity contribution in [3.05, 3.63) is 23.2 Å². The number of benzene rings is 1. The third kappa shape index (κ3) is 3.39. The summed E-state index contributed by atoms with van der Waals surface area (Å²) in [5.41, 5.74) is -0.679. The fourth-order valence-electron chi connectivity index (χ4n) is 3.47. The summed E-state index contributed by atoms with van der Waals surface area (Å²) in [5.74, 6) is -0.376. The fourth-order valence-corrected chi connectivity index (χ4v) is 5.48. The zero-order valence-corrected chi connectivity index (χ0v) is 15.4. The summed E-state index contributed by atoms with van der Waals surface area (Å²) in [7, 11) is -3.68. The van der Waals surface area contributed by atoms with Crippen molar-refractivity contribution in [3.8, 4) is 6.07 Å². The molecule has 0 radical (unpaired) electrons. The van der Waals surface area contributed by atoms with Crippen LogP contribution < -0.4 is 5.32 Å². The minimum Gasteiger partial charge on any atom is -0.325 e. The molecule has 6 nitrogen and oxygen atoms in total. The lowest BCUT2D eigenvalue weighted by Gasteiger charge is -2.20. The second kappa shape index (κ2) is 6.94. The lowest BCUT2D eigenvalue weighted by Crippen LogP contribution is -2.32. The highest BCUT2D eigenvalue weighted by atomic mass is 35.5. The molecule has 1 N–H and O–H groups in total. The summed E-state index contributed by atoms with van der Waals surface area (Å²) >= 11 is 6.11. The van der Waals surface area contributed by atoms with Crippen LogP contribution in [-0.2, 0) is 14.8 Å². The first kappa shape index (κ1) is 18.2. The standard InChI is InChI=1S/C17H20ClN3O3S/c18-14-6-5-13(20-16(22)17(12-19)7-1-2-8-17)11-15(14)25(23,24)21-9-3-4-10-21/h5-6,11H,1-4,7-10H2,(H,20,22). The molecule has 0 atom stereocenters. The Morgan fingerprint density at radius 1 is 1.20 bits per heavy atom. The van der Waals surface area contributed by atoms with E-state index in [0.29, 0.717) is 31.6 Å². The molecule has 0 bridgehead atoms. The van der Waals surface area contributed by atoms with Crippen LogP contribution in [0.5, 0.6) is 0 Å². The van der Waals surface area contributed by atoms with Crippen LogP contribution in [0.15, 0.2) is 23.1 Å². The molecule has 0 spiro atoms. The van der Waals surface area contributed by atoms with Crippen LogP contribution in [0.3, 0.4) is 0 Å². The molecular formula is C17H20ClN3O3S. The van der Waals surface area contributed by atoms with Crippen molar-refractivity contribution in [3.63, 3.8) is 0 Å². The molecule has 3 rings (SSSR count). The molecule has 1 amide bonds. The van der Waals surface area contributed by atoms with E-state index in [4.69, 9.17) is 11.6 Å². The summed E-state index contributed by atoms with van der Waals surface area (Å²) in [6, 6.07) is 6.54. The summed E-state index contributed by atoms with van der Waals surface area (Å²) in [6.07, 6.45) is 4.41.